The zero-order valence-corrected chi connectivity index (χ0v) is 23.3. The molecule has 0 unspecified atom stereocenters. The Hall–Kier alpha value is -2.43. The van der Waals surface area contributed by atoms with Crippen LogP contribution < -0.4 is 0 Å². The number of aromatic nitrogens is 6. The zero-order valence-electron chi connectivity index (χ0n) is 20.9. The SMILES string of the molecule is C.CSc1ncc2c(Cl)c(C=O)n(C3CCCC3)c2n1.CSc1ncc2cc(C=O)n(C3CCCC3)c2n1. The molecule has 2 aliphatic rings. The molecule has 0 saturated heterocycles. The molecular weight excluding hydrogens is 540 g/mol. The number of fused-ring (bicyclic) bond motifs is 2. The third-order valence-corrected chi connectivity index (χ3v) is 8.78. The summed E-state index contributed by atoms with van der Waals surface area (Å²) in [6.07, 6.45) is 18.5. The second-order valence-electron chi connectivity index (χ2n) is 9.35. The Morgan fingerprint density at radius 2 is 1.39 bits per heavy atom. The lowest BCUT2D eigenvalue weighted by molar-refractivity contribution is 0.110. The fourth-order valence-electron chi connectivity index (χ4n) is 5.54. The van der Waals surface area contributed by atoms with Crippen LogP contribution in [0.4, 0.5) is 0 Å². The van der Waals surface area contributed by atoms with E-state index in [2.05, 4.69) is 24.5 Å². The molecule has 8 nitrogen and oxygen atoms in total. The number of carbonyl (C=O) groups excluding carboxylic acids is 2. The first kappa shape index (κ1) is 28.6. The van der Waals surface area contributed by atoms with E-state index in [-0.39, 0.29) is 7.43 Å². The summed E-state index contributed by atoms with van der Waals surface area (Å²) in [7, 11) is 0. The van der Waals surface area contributed by atoms with Gasteiger partial charge in [0.15, 0.2) is 22.9 Å². The fraction of sp³-hybridized carbons (Fsp3) is 0.481. The average molecular weight is 573 g/mol. The van der Waals surface area contributed by atoms with Crippen LogP contribution in [0.25, 0.3) is 22.1 Å². The highest BCUT2D eigenvalue weighted by Crippen LogP contribution is 2.38. The van der Waals surface area contributed by atoms with Crippen molar-refractivity contribution >= 4 is 69.8 Å². The van der Waals surface area contributed by atoms with E-state index in [0.29, 0.717) is 28.0 Å². The third kappa shape index (κ3) is 5.35. The van der Waals surface area contributed by atoms with E-state index < -0.39 is 0 Å². The van der Waals surface area contributed by atoms with Crippen LogP contribution in [0.3, 0.4) is 0 Å². The first-order chi connectivity index (χ1) is 18.1. The molecule has 0 aliphatic heterocycles. The lowest BCUT2D eigenvalue weighted by atomic mass is 10.2. The van der Waals surface area contributed by atoms with Crippen LogP contribution in [-0.4, -0.2) is 54.2 Å². The van der Waals surface area contributed by atoms with Gasteiger partial charge in [0.05, 0.1) is 16.1 Å². The van der Waals surface area contributed by atoms with Gasteiger partial charge in [0.2, 0.25) is 0 Å². The van der Waals surface area contributed by atoms with Gasteiger partial charge in [-0.3, -0.25) is 9.59 Å². The molecule has 0 N–H and O–H groups in total. The van der Waals surface area contributed by atoms with Crippen molar-refractivity contribution in [3.8, 4) is 0 Å². The number of nitrogens with zero attached hydrogens (tertiary/aromatic N) is 6. The maximum atomic E-state index is 11.4. The monoisotopic (exact) mass is 572 g/mol. The Bertz CT molecular complexity index is 1440. The quantitative estimate of drug-likeness (QED) is 0.133. The van der Waals surface area contributed by atoms with Crippen LogP contribution in [0.5, 0.6) is 0 Å². The van der Waals surface area contributed by atoms with E-state index in [1.165, 1.54) is 49.2 Å². The first-order valence-corrected chi connectivity index (χ1v) is 15.3. The summed E-state index contributed by atoms with van der Waals surface area (Å²) >= 11 is 9.32. The zero-order chi connectivity index (χ0) is 25.9. The predicted octanol–water partition coefficient (Wildman–Crippen LogP) is 7.45. The highest BCUT2D eigenvalue weighted by Gasteiger charge is 2.26. The molecule has 11 heteroatoms. The van der Waals surface area contributed by atoms with Gasteiger partial charge >= 0.3 is 0 Å². The van der Waals surface area contributed by atoms with Crippen molar-refractivity contribution in [1.82, 2.24) is 29.1 Å². The molecule has 6 rings (SSSR count). The fourth-order valence-corrected chi connectivity index (χ4v) is 6.48. The second kappa shape index (κ2) is 12.6. The van der Waals surface area contributed by atoms with Crippen molar-refractivity contribution in [3.63, 3.8) is 0 Å². The molecule has 2 fully saturated rings. The minimum absolute atomic E-state index is 0. The maximum Gasteiger partial charge on any atom is 0.189 e. The van der Waals surface area contributed by atoms with Crippen molar-refractivity contribution < 1.29 is 9.59 Å². The highest BCUT2D eigenvalue weighted by atomic mass is 35.5. The molecule has 38 heavy (non-hydrogen) atoms. The van der Waals surface area contributed by atoms with E-state index in [1.54, 1.807) is 6.20 Å². The summed E-state index contributed by atoms with van der Waals surface area (Å²) in [6.45, 7) is 0. The van der Waals surface area contributed by atoms with Crippen LogP contribution >= 0.6 is 35.1 Å². The van der Waals surface area contributed by atoms with E-state index in [4.69, 9.17) is 11.6 Å². The number of rotatable bonds is 6. The van der Waals surface area contributed by atoms with Crippen molar-refractivity contribution in [2.24, 2.45) is 0 Å². The topological polar surface area (TPSA) is 95.6 Å². The van der Waals surface area contributed by atoms with Gasteiger partial charge in [-0.15, -0.1) is 0 Å². The molecule has 0 aromatic carbocycles. The van der Waals surface area contributed by atoms with Gasteiger partial charge < -0.3 is 9.13 Å². The summed E-state index contributed by atoms with van der Waals surface area (Å²) in [5.41, 5.74) is 2.96. The van der Waals surface area contributed by atoms with E-state index >= 15 is 0 Å². The van der Waals surface area contributed by atoms with Gasteiger partial charge in [-0.1, -0.05) is 68.2 Å². The molecule has 0 radical (unpaired) electrons. The van der Waals surface area contributed by atoms with E-state index in [1.807, 2.05) is 29.3 Å². The predicted molar refractivity (Wildman–Crippen MR) is 156 cm³/mol. The molecular formula is C27H33ClN6O2S2. The van der Waals surface area contributed by atoms with Crippen LogP contribution in [-0.2, 0) is 0 Å². The Morgan fingerprint density at radius 1 is 0.842 bits per heavy atom. The lowest BCUT2D eigenvalue weighted by Gasteiger charge is -2.14. The summed E-state index contributed by atoms with van der Waals surface area (Å²) in [5.74, 6) is 0. The van der Waals surface area contributed by atoms with Gasteiger partial charge in [-0.25, -0.2) is 19.9 Å². The van der Waals surface area contributed by atoms with E-state index in [0.717, 1.165) is 71.2 Å². The van der Waals surface area contributed by atoms with Crippen molar-refractivity contribution in [3.05, 3.63) is 34.9 Å². The first-order valence-electron chi connectivity index (χ1n) is 12.5. The van der Waals surface area contributed by atoms with Crippen molar-refractivity contribution in [2.45, 2.75) is 81.2 Å². The summed E-state index contributed by atoms with van der Waals surface area (Å²) in [6, 6.07) is 2.65. The number of thioether (sulfide) groups is 2. The Balaban J connectivity index is 0.000000173. The maximum absolute atomic E-state index is 11.4. The smallest absolute Gasteiger partial charge is 0.189 e. The molecule has 2 aliphatic carbocycles. The lowest BCUT2D eigenvalue weighted by Crippen LogP contribution is -2.09. The Kier molecular flexibility index (Phi) is 9.49. The molecule has 0 spiro atoms. The second-order valence-corrected chi connectivity index (χ2v) is 11.3. The largest absolute Gasteiger partial charge is 0.320 e. The molecule has 202 valence electrons. The standard InChI is InChI=1S/C13H14ClN3OS.C13H15N3OS.CH4/c1-19-13-15-6-9-11(14)10(7-18)17(12(9)16-13)8-4-2-3-5-8;1-18-13-14-7-9-6-11(8-17)16(12(9)15-13)10-4-2-3-5-10;/h6-8H,2-5H2,1H3;6-8,10H,2-5H2,1H3;1H4. The van der Waals surface area contributed by atoms with Gasteiger partial charge in [0.1, 0.15) is 17.0 Å². The van der Waals surface area contributed by atoms with Gasteiger partial charge in [-0.05, 0) is 44.3 Å². The Labute approximate surface area is 236 Å². The van der Waals surface area contributed by atoms with Crippen LogP contribution in [0.1, 0.15) is 91.9 Å². The molecule has 0 bridgehead atoms. The summed E-state index contributed by atoms with van der Waals surface area (Å²) in [4.78, 5) is 40.2. The van der Waals surface area contributed by atoms with Crippen LogP contribution in [0.15, 0.2) is 28.8 Å². The number of halogens is 1. The van der Waals surface area contributed by atoms with Crippen molar-refractivity contribution in [2.75, 3.05) is 12.5 Å². The molecule has 0 amide bonds. The normalized spacial score (nSPS) is 16.0. The molecule has 4 heterocycles. The number of hydrogen-bond donors (Lipinski definition) is 0. The third-order valence-electron chi connectivity index (χ3n) is 7.26. The average Bonchev–Trinajstić information content (AvgIpc) is 3.74. The summed E-state index contributed by atoms with van der Waals surface area (Å²) < 4.78 is 4.12. The Morgan fingerprint density at radius 3 is 1.95 bits per heavy atom. The van der Waals surface area contributed by atoms with Gasteiger partial charge in [0, 0.05) is 29.9 Å². The molecule has 0 atom stereocenters. The molecule has 2 saturated carbocycles. The summed E-state index contributed by atoms with van der Waals surface area (Å²) in [5, 5.41) is 3.68. The van der Waals surface area contributed by atoms with Crippen LogP contribution in [0, 0.1) is 0 Å². The molecule has 4 aromatic heterocycles. The number of aldehydes is 2. The number of carbonyl (C=O) groups is 2. The van der Waals surface area contributed by atoms with Gasteiger partial charge in [0.25, 0.3) is 0 Å². The number of hydrogen-bond acceptors (Lipinski definition) is 8. The van der Waals surface area contributed by atoms with E-state index in [9.17, 15) is 9.59 Å². The van der Waals surface area contributed by atoms with Gasteiger partial charge in [-0.2, -0.15) is 0 Å². The minimum atomic E-state index is 0. The van der Waals surface area contributed by atoms with Crippen molar-refractivity contribution in [1.29, 1.82) is 0 Å². The minimum Gasteiger partial charge on any atom is -0.320 e. The highest BCUT2D eigenvalue weighted by molar-refractivity contribution is 7.98. The van der Waals surface area contributed by atoms with Crippen LogP contribution in [0.2, 0.25) is 5.02 Å². The molecule has 4 aromatic rings.